The van der Waals surface area contributed by atoms with Crippen LogP contribution < -0.4 is 5.56 Å². The lowest BCUT2D eigenvalue weighted by atomic mass is 9.99. The molecule has 4 aromatic rings. The van der Waals surface area contributed by atoms with Gasteiger partial charge in [-0.1, -0.05) is 26.0 Å². The number of H-pyrrole nitrogens is 2. The highest BCUT2D eigenvalue weighted by molar-refractivity contribution is 6.37. The van der Waals surface area contributed by atoms with E-state index < -0.39 is 35.1 Å². The second-order valence-corrected chi connectivity index (χ2v) is 11.1. The summed E-state index contributed by atoms with van der Waals surface area (Å²) in [6.07, 6.45) is 5.71. The smallest absolute Gasteiger partial charge is 0.353 e. The first-order valence-corrected chi connectivity index (χ1v) is 13.9. The number of hydrogen-bond donors (Lipinski definition) is 5. The second-order valence-electron chi connectivity index (χ2n) is 11.1. The van der Waals surface area contributed by atoms with Crippen LogP contribution in [0.3, 0.4) is 0 Å². The number of rotatable bonds is 11. The number of carbonyl (C=O) groups is 2. The molecule has 0 fully saturated rings. The Balaban J connectivity index is 1.51. The Kier molecular flexibility index (Phi) is 8.88. The highest BCUT2D eigenvalue weighted by Crippen LogP contribution is 2.26. The summed E-state index contributed by atoms with van der Waals surface area (Å²) in [5, 5.41) is 25.4. The van der Waals surface area contributed by atoms with E-state index in [1.807, 2.05) is 19.1 Å². The molecule has 0 bridgehead atoms. The minimum atomic E-state index is -1.30. The summed E-state index contributed by atoms with van der Waals surface area (Å²) >= 11 is 0. The van der Waals surface area contributed by atoms with Gasteiger partial charge < -0.3 is 19.8 Å². The van der Waals surface area contributed by atoms with Crippen LogP contribution in [0.25, 0.3) is 28.2 Å². The Hall–Kier alpha value is -5.13. The van der Waals surface area contributed by atoms with Crippen molar-refractivity contribution in [2.45, 2.75) is 64.9 Å². The van der Waals surface area contributed by atoms with Crippen LogP contribution in [-0.4, -0.2) is 58.6 Å². The van der Waals surface area contributed by atoms with Crippen LogP contribution in [0.15, 0.2) is 59.8 Å². The van der Waals surface area contributed by atoms with Gasteiger partial charge in [-0.05, 0) is 57.4 Å². The number of pyridine rings is 1. The van der Waals surface area contributed by atoms with Crippen molar-refractivity contribution in [3.63, 3.8) is 0 Å². The van der Waals surface area contributed by atoms with E-state index in [4.69, 9.17) is 15.6 Å². The zero-order valence-electron chi connectivity index (χ0n) is 24.7. The van der Waals surface area contributed by atoms with E-state index in [2.05, 4.69) is 19.9 Å². The van der Waals surface area contributed by atoms with Crippen molar-refractivity contribution in [3.05, 3.63) is 77.0 Å². The van der Waals surface area contributed by atoms with Gasteiger partial charge in [0.1, 0.15) is 28.7 Å². The van der Waals surface area contributed by atoms with E-state index in [9.17, 15) is 19.5 Å². The summed E-state index contributed by atoms with van der Waals surface area (Å²) in [6, 6.07) is 10.5. The number of benzene rings is 1. The summed E-state index contributed by atoms with van der Waals surface area (Å²) < 4.78 is 6.85. The molecule has 0 radical (unpaired) electrons. The van der Waals surface area contributed by atoms with Crippen molar-refractivity contribution in [1.29, 1.82) is 10.8 Å². The topological polar surface area (TPSA) is 191 Å². The van der Waals surface area contributed by atoms with E-state index in [1.165, 1.54) is 16.8 Å². The number of imidazole rings is 2. The summed E-state index contributed by atoms with van der Waals surface area (Å²) in [6.45, 7) is 8.93. The van der Waals surface area contributed by atoms with Gasteiger partial charge in [0.05, 0.1) is 35.6 Å². The molecule has 2 unspecified atom stereocenters. The maximum atomic E-state index is 13.0. The second kappa shape index (κ2) is 12.4. The molecule has 0 aliphatic heterocycles. The summed E-state index contributed by atoms with van der Waals surface area (Å²) in [5.41, 5.74) is 1.71. The molecule has 0 aliphatic rings. The van der Waals surface area contributed by atoms with Crippen LogP contribution >= 0.6 is 0 Å². The van der Waals surface area contributed by atoms with Gasteiger partial charge in [-0.2, -0.15) is 0 Å². The number of nitrogens with zero attached hydrogens (tertiary/aromatic N) is 3. The Morgan fingerprint density at radius 3 is 1.93 bits per heavy atom. The van der Waals surface area contributed by atoms with E-state index in [-0.39, 0.29) is 11.3 Å². The lowest BCUT2D eigenvalue weighted by Crippen LogP contribution is -2.31. The first-order chi connectivity index (χ1) is 20.3. The first-order valence-electron chi connectivity index (χ1n) is 13.9. The molecule has 0 saturated heterocycles. The number of hydrogen-bond acceptors (Lipinski definition) is 8. The van der Waals surface area contributed by atoms with Crippen molar-refractivity contribution in [2.24, 2.45) is 0 Å². The number of aliphatic carboxylic acids is 1. The number of carboxylic acids is 1. The monoisotopic (exact) mass is 585 g/mol. The predicted octanol–water partition coefficient (Wildman–Crippen LogP) is 5.07. The van der Waals surface area contributed by atoms with Crippen molar-refractivity contribution >= 4 is 23.4 Å². The van der Waals surface area contributed by atoms with E-state index in [1.54, 1.807) is 58.3 Å². The van der Waals surface area contributed by atoms with E-state index in [0.717, 1.165) is 5.56 Å². The van der Waals surface area contributed by atoms with Crippen LogP contribution in [0.2, 0.25) is 0 Å². The van der Waals surface area contributed by atoms with Gasteiger partial charge in [0.2, 0.25) is 0 Å². The summed E-state index contributed by atoms with van der Waals surface area (Å²) in [4.78, 5) is 51.7. The van der Waals surface area contributed by atoms with Gasteiger partial charge in [-0.15, -0.1) is 0 Å². The number of ether oxygens (including phenoxy) is 1. The van der Waals surface area contributed by atoms with Gasteiger partial charge in [-0.3, -0.25) is 20.2 Å². The van der Waals surface area contributed by atoms with Crippen molar-refractivity contribution < 1.29 is 19.4 Å². The minimum absolute atomic E-state index is 0.159. The van der Waals surface area contributed by atoms with Gasteiger partial charge in [0.15, 0.2) is 0 Å². The maximum absolute atomic E-state index is 13.0. The molecule has 3 aromatic heterocycles. The molecule has 5 N–H and O–H groups in total. The molecular formula is C31H35N7O5. The SMILES string of the molecule is CCC(C(=N)C(=O)O)c1ncc(-c2ccn(-c3ccc(-c4cnc(C(CC)C(=N)C(=O)OC(C)(C)C)[nH]4)cc3)c(=O)c2)[nH]1. The Labute approximate surface area is 248 Å². The molecule has 43 heavy (non-hydrogen) atoms. The van der Waals surface area contributed by atoms with Crippen LogP contribution in [0.5, 0.6) is 0 Å². The minimum Gasteiger partial charge on any atom is -0.477 e. The number of carboxylic acid groups (broad SMARTS) is 1. The number of esters is 1. The zero-order chi connectivity index (χ0) is 31.5. The van der Waals surface area contributed by atoms with Crippen LogP contribution in [0, 0.1) is 10.8 Å². The van der Waals surface area contributed by atoms with Gasteiger partial charge in [-0.25, -0.2) is 19.6 Å². The molecule has 12 nitrogen and oxygen atoms in total. The molecule has 3 heterocycles. The lowest BCUT2D eigenvalue weighted by molar-refractivity contribution is -0.146. The number of nitrogens with one attached hydrogen (secondary N) is 4. The largest absolute Gasteiger partial charge is 0.477 e. The highest BCUT2D eigenvalue weighted by atomic mass is 16.6. The van der Waals surface area contributed by atoms with E-state index >= 15 is 0 Å². The number of aromatic nitrogens is 5. The van der Waals surface area contributed by atoms with Crippen LogP contribution in [0.1, 0.15) is 70.9 Å². The standard InChI is InChI=1S/C31H35N7O5/c1-6-20(25(32)29(40)41)27-35-16-23(37-27)18-12-13-38(24(39)14-18)19-10-8-17(9-11-19)22-15-34-28(36-22)21(7-2)26(33)30(42)43-31(3,4)5/h8-16,20-21,32-33H,6-7H2,1-5H3,(H,34,36)(H,35,37)(H,40,41). The van der Waals surface area contributed by atoms with Crippen molar-refractivity contribution in [2.75, 3.05) is 0 Å². The van der Waals surface area contributed by atoms with Gasteiger partial charge in [0, 0.05) is 23.5 Å². The third-order valence-corrected chi connectivity index (χ3v) is 6.90. The molecule has 224 valence electrons. The van der Waals surface area contributed by atoms with Crippen LogP contribution in [0.4, 0.5) is 0 Å². The highest BCUT2D eigenvalue weighted by Gasteiger charge is 2.28. The first kappa shape index (κ1) is 30.8. The van der Waals surface area contributed by atoms with Gasteiger partial charge >= 0.3 is 11.9 Å². The predicted molar refractivity (Wildman–Crippen MR) is 162 cm³/mol. The van der Waals surface area contributed by atoms with Crippen LogP contribution in [-0.2, 0) is 14.3 Å². The van der Waals surface area contributed by atoms with E-state index in [0.29, 0.717) is 47.1 Å². The number of aromatic amines is 2. The molecule has 1 aromatic carbocycles. The average Bonchev–Trinajstić information content (AvgIpc) is 3.64. The van der Waals surface area contributed by atoms with Crippen molar-refractivity contribution in [3.8, 4) is 28.2 Å². The summed E-state index contributed by atoms with van der Waals surface area (Å²) in [7, 11) is 0. The summed E-state index contributed by atoms with van der Waals surface area (Å²) in [5.74, 6) is -2.33. The molecule has 0 saturated carbocycles. The molecule has 4 rings (SSSR count). The molecule has 0 amide bonds. The third kappa shape index (κ3) is 6.85. The fourth-order valence-corrected chi connectivity index (χ4v) is 4.67. The molecule has 2 atom stereocenters. The Morgan fingerprint density at radius 2 is 1.44 bits per heavy atom. The van der Waals surface area contributed by atoms with Gasteiger partial charge in [0.25, 0.3) is 5.56 Å². The maximum Gasteiger partial charge on any atom is 0.353 e. The Bertz CT molecular complexity index is 1720. The molecule has 0 aliphatic carbocycles. The average molecular weight is 586 g/mol. The lowest BCUT2D eigenvalue weighted by Gasteiger charge is -2.21. The van der Waals surface area contributed by atoms with Crippen molar-refractivity contribution in [1.82, 2.24) is 24.5 Å². The quantitative estimate of drug-likeness (QED) is 0.120. The zero-order valence-corrected chi connectivity index (χ0v) is 24.7. The fourth-order valence-electron chi connectivity index (χ4n) is 4.67. The molecular weight excluding hydrogens is 550 g/mol. The fraction of sp³-hybridized carbons (Fsp3) is 0.323. The Morgan fingerprint density at radius 1 is 0.907 bits per heavy atom. The molecule has 12 heteroatoms. The molecule has 0 spiro atoms. The normalized spacial score (nSPS) is 12.9. The third-order valence-electron chi connectivity index (χ3n) is 6.90. The number of carbonyl (C=O) groups excluding carboxylic acids is 1.